The molecule has 0 fully saturated rings. The first-order chi connectivity index (χ1) is 7.95. The van der Waals surface area contributed by atoms with E-state index in [4.69, 9.17) is 16.0 Å². The van der Waals surface area contributed by atoms with E-state index in [-0.39, 0.29) is 0 Å². The molecule has 0 unspecified atom stereocenters. The van der Waals surface area contributed by atoms with Gasteiger partial charge in [-0.25, -0.2) is 0 Å². The second-order valence-corrected chi connectivity index (χ2v) is 8.37. The minimum atomic E-state index is -0.493. The molecule has 0 aliphatic rings. The van der Waals surface area contributed by atoms with Gasteiger partial charge in [-0.1, -0.05) is 52.0 Å². The van der Waals surface area contributed by atoms with Crippen LogP contribution in [0.5, 0.6) is 0 Å². The summed E-state index contributed by atoms with van der Waals surface area (Å²) >= 11 is 5.75. The van der Waals surface area contributed by atoms with Gasteiger partial charge in [0, 0.05) is 5.88 Å². The molecule has 17 heavy (non-hydrogen) atoms. The molecule has 0 radical (unpaired) electrons. The van der Waals surface area contributed by atoms with E-state index in [2.05, 4.69) is 52.0 Å². The van der Waals surface area contributed by atoms with Crippen LogP contribution in [0.3, 0.4) is 0 Å². The Kier molecular flexibility index (Phi) is 5.70. The second-order valence-electron chi connectivity index (χ2n) is 5.59. The Morgan fingerprint density at radius 1 is 1.18 bits per heavy atom. The standard InChI is InChI=1S/C14H23ClOSi/c1-11(2)14(3,4)17-16-10-13-7-5-12(9-15)6-8-13/h5-8,11H,9-10,17H2,1-4H3. The van der Waals surface area contributed by atoms with Gasteiger partial charge < -0.3 is 4.43 Å². The summed E-state index contributed by atoms with van der Waals surface area (Å²) in [7, 11) is -0.493. The van der Waals surface area contributed by atoms with Gasteiger partial charge in [-0.3, -0.25) is 0 Å². The van der Waals surface area contributed by atoms with Gasteiger partial charge in [0.25, 0.3) is 0 Å². The molecule has 0 saturated heterocycles. The zero-order valence-electron chi connectivity index (χ0n) is 11.3. The third-order valence-corrected chi connectivity index (χ3v) is 5.76. The van der Waals surface area contributed by atoms with E-state index in [1.54, 1.807) is 0 Å². The summed E-state index contributed by atoms with van der Waals surface area (Å²) < 4.78 is 5.93. The molecule has 0 spiro atoms. The molecule has 1 aromatic rings. The van der Waals surface area contributed by atoms with Crippen molar-refractivity contribution < 1.29 is 4.43 Å². The van der Waals surface area contributed by atoms with E-state index in [9.17, 15) is 0 Å². The maximum Gasteiger partial charge on any atom is 0.167 e. The maximum atomic E-state index is 5.93. The van der Waals surface area contributed by atoms with Gasteiger partial charge >= 0.3 is 0 Å². The quantitative estimate of drug-likeness (QED) is 0.563. The minimum Gasteiger partial charge on any atom is -0.419 e. The van der Waals surface area contributed by atoms with Crippen molar-refractivity contribution in [1.82, 2.24) is 0 Å². The van der Waals surface area contributed by atoms with Crippen molar-refractivity contribution in [2.45, 2.75) is 45.2 Å². The summed E-state index contributed by atoms with van der Waals surface area (Å²) in [6.45, 7) is 9.89. The lowest BCUT2D eigenvalue weighted by Gasteiger charge is -2.28. The van der Waals surface area contributed by atoms with Crippen molar-refractivity contribution in [2.24, 2.45) is 5.92 Å². The summed E-state index contributed by atoms with van der Waals surface area (Å²) in [6.07, 6.45) is 0. The first-order valence-corrected chi connectivity index (χ1v) is 7.99. The second kappa shape index (κ2) is 6.57. The molecule has 0 aliphatic carbocycles. The molecule has 3 heteroatoms. The Balaban J connectivity index is 2.40. The fourth-order valence-electron chi connectivity index (χ4n) is 1.32. The van der Waals surface area contributed by atoms with Crippen LogP contribution in [-0.4, -0.2) is 9.76 Å². The zero-order valence-corrected chi connectivity index (χ0v) is 13.5. The van der Waals surface area contributed by atoms with Gasteiger partial charge in [0.1, 0.15) is 0 Å². The van der Waals surface area contributed by atoms with E-state index in [0.717, 1.165) is 12.2 Å². The van der Waals surface area contributed by atoms with Crippen LogP contribution in [0.15, 0.2) is 24.3 Å². The van der Waals surface area contributed by atoms with E-state index in [1.807, 2.05) is 0 Å². The molecular formula is C14H23ClOSi. The fourth-order valence-corrected chi connectivity index (χ4v) is 2.70. The molecule has 0 aromatic heterocycles. The van der Waals surface area contributed by atoms with Crippen LogP contribution in [0.4, 0.5) is 0 Å². The van der Waals surface area contributed by atoms with Crippen molar-refractivity contribution in [2.75, 3.05) is 0 Å². The lowest BCUT2D eigenvalue weighted by Crippen LogP contribution is -2.21. The summed E-state index contributed by atoms with van der Waals surface area (Å²) in [5.74, 6) is 1.27. The van der Waals surface area contributed by atoms with Crippen molar-refractivity contribution in [1.29, 1.82) is 0 Å². The van der Waals surface area contributed by atoms with Crippen molar-refractivity contribution >= 4 is 21.4 Å². The van der Waals surface area contributed by atoms with Crippen molar-refractivity contribution in [3.63, 3.8) is 0 Å². The first-order valence-electron chi connectivity index (χ1n) is 6.17. The normalized spacial score (nSPS) is 12.8. The van der Waals surface area contributed by atoms with Crippen LogP contribution < -0.4 is 0 Å². The van der Waals surface area contributed by atoms with Gasteiger partial charge in [0.05, 0.1) is 6.61 Å². The average Bonchev–Trinajstić information content (AvgIpc) is 2.29. The zero-order chi connectivity index (χ0) is 12.9. The lowest BCUT2D eigenvalue weighted by molar-refractivity contribution is 0.291. The molecule has 0 N–H and O–H groups in total. The highest BCUT2D eigenvalue weighted by Gasteiger charge is 2.23. The third-order valence-electron chi connectivity index (χ3n) is 3.48. The highest BCUT2D eigenvalue weighted by molar-refractivity contribution is 6.32. The van der Waals surface area contributed by atoms with E-state index in [0.29, 0.717) is 16.8 Å². The van der Waals surface area contributed by atoms with Crippen LogP contribution in [0.25, 0.3) is 0 Å². The molecule has 0 atom stereocenters. The number of hydrogen-bond donors (Lipinski definition) is 0. The highest BCUT2D eigenvalue weighted by Crippen LogP contribution is 2.32. The van der Waals surface area contributed by atoms with Crippen molar-refractivity contribution in [3.05, 3.63) is 35.4 Å². The molecule has 0 heterocycles. The molecule has 0 amide bonds. The summed E-state index contributed by atoms with van der Waals surface area (Å²) in [6, 6.07) is 8.35. The SMILES string of the molecule is CC(C)C(C)(C)[SiH2]OCc1ccc(CCl)cc1. The minimum absolute atomic E-state index is 0.371. The summed E-state index contributed by atoms with van der Waals surface area (Å²) in [5, 5.41) is 0.371. The maximum absolute atomic E-state index is 5.93. The average molecular weight is 271 g/mol. The smallest absolute Gasteiger partial charge is 0.167 e. The fraction of sp³-hybridized carbons (Fsp3) is 0.571. The molecule has 1 aromatic carbocycles. The summed E-state index contributed by atoms with van der Waals surface area (Å²) in [5.41, 5.74) is 2.40. The van der Waals surface area contributed by atoms with Gasteiger partial charge in [-0.05, 0) is 22.1 Å². The molecule has 96 valence electrons. The molecule has 1 nitrogen and oxygen atoms in total. The Hall–Kier alpha value is -0.313. The highest BCUT2D eigenvalue weighted by atomic mass is 35.5. The summed E-state index contributed by atoms with van der Waals surface area (Å²) in [4.78, 5) is 0. The van der Waals surface area contributed by atoms with E-state index in [1.165, 1.54) is 5.56 Å². The van der Waals surface area contributed by atoms with Crippen LogP contribution >= 0.6 is 11.6 Å². The van der Waals surface area contributed by atoms with Crippen LogP contribution in [0.1, 0.15) is 38.8 Å². The Morgan fingerprint density at radius 3 is 2.18 bits per heavy atom. The molecule has 0 bridgehead atoms. The van der Waals surface area contributed by atoms with Gasteiger partial charge in [-0.2, -0.15) is 0 Å². The Labute approximate surface area is 112 Å². The molecule has 1 rings (SSSR count). The van der Waals surface area contributed by atoms with Gasteiger partial charge in [0.2, 0.25) is 0 Å². The monoisotopic (exact) mass is 270 g/mol. The third kappa shape index (κ3) is 4.82. The van der Waals surface area contributed by atoms with Crippen LogP contribution in [0.2, 0.25) is 5.04 Å². The number of rotatable bonds is 6. The lowest BCUT2D eigenvalue weighted by atomic mass is 9.99. The van der Waals surface area contributed by atoms with Crippen LogP contribution in [-0.2, 0) is 16.9 Å². The van der Waals surface area contributed by atoms with E-state index >= 15 is 0 Å². The predicted octanol–water partition coefficient (Wildman–Crippen LogP) is 3.88. The predicted molar refractivity (Wildman–Crippen MR) is 78.2 cm³/mol. The van der Waals surface area contributed by atoms with Gasteiger partial charge in [-0.15, -0.1) is 11.6 Å². The molecule has 0 aliphatic heterocycles. The number of benzene rings is 1. The largest absolute Gasteiger partial charge is 0.419 e. The van der Waals surface area contributed by atoms with Crippen molar-refractivity contribution in [3.8, 4) is 0 Å². The van der Waals surface area contributed by atoms with Crippen LogP contribution in [0, 0.1) is 5.92 Å². The number of halogens is 1. The Morgan fingerprint density at radius 2 is 1.71 bits per heavy atom. The van der Waals surface area contributed by atoms with Gasteiger partial charge in [0.15, 0.2) is 9.76 Å². The molecule has 0 saturated carbocycles. The number of hydrogen-bond acceptors (Lipinski definition) is 1. The first kappa shape index (κ1) is 14.7. The number of alkyl halides is 1. The molecular weight excluding hydrogens is 248 g/mol. The van der Waals surface area contributed by atoms with E-state index < -0.39 is 9.76 Å². The topological polar surface area (TPSA) is 9.23 Å². The Bertz CT molecular complexity index is 333.